The van der Waals surface area contributed by atoms with Crippen LogP contribution in [-0.4, -0.2) is 35.1 Å². The van der Waals surface area contributed by atoms with Crippen molar-refractivity contribution in [3.05, 3.63) is 0 Å². The van der Waals surface area contributed by atoms with Gasteiger partial charge in [-0.15, -0.1) is 0 Å². The first-order valence-electron chi connectivity index (χ1n) is 4.86. The molecule has 0 saturated carbocycles. The minimum Gasteiger partial charge on any atom is -0.480 e. The highest BCUT2D eigenvalue weighted by Gasteiger charge is 2.28. The van der Waals surface area contributed by atoms with E-state index in [1.54, 1.807) is 0 Å². The van der Waals surface area contributed by atoms with Crippen LogP contribution >= 0.6 is 0 Å². The second-order valence-corrected chi connectivity index (χ2v) is 3.93. The monoisotopic (exact) mass is 187 g/mol. The molecular weight excluding hydrogens is 166 g/mol. The van der Waals surface area contributed by atoms with Crippen LogP contribution in [0.2, 0.25) is 0 Å². The van der Waals surface area contributed by atoms with E-state index < -0.39 is 5.97 Å². The molecule has 0 fully saturated rings. The van der Waals surface area contributed by atoms with E-state index in [-0.39, 0.29) is 18.0 Å². The Kier molecular flexibility index (Phi) is 4.99. The molecule has 78 valence electrons. The maximum Gasteiger partial charge on any atom is 0.321 e. The number of carboxylic acids is 1. The summed E-state index contributed by atoms with van der Waals surface area (Å²) in [5.41, 5.74) is 0. The lowest BCUT2D eigenvalue weighted by Gasteiger charge is -2.31. The third-order valence-electron chi connectivity index (χ3n) is 2.69. The molecule has 0 heterocycles. The van der Waals surface area contributed by atoms with E-state index in [0.717, 1.165) is 6.42 Å². The zero-order valence-corrected chi connectivity index (χ0v) is 9.24. The van der Waals surface area contributed by atoms with Crippen LogP contribution in [0.15, 0.2) is 0 Å². The first-order valence-corrected chi connectivity index (χ1v) is 4.86. The predicted octanol–water partition coefficient (Wildman–Crippen LogP) is 1.83. The average molecular weight is 187 g/mol. The number of aliphatic carboxylic acids is 1. The summed E-state index contributed by atoms with van der Waals surface area (Å²) in [7, 11) is 1.87. The minimum absolute atomic E-state index is 0.199. The molecule has 0 bridgehead atoms. The summed E-state index contributed by atoms with van der Waals surface area (Å²) in [6.07, 6.45) is 0.897. The van der Waals surface area contributed by atoms with Gasteiger partial charge in [-0.25, -0.2) is 0 Å². The average Bonchev–Trinajstić information content (AvgIpc) is 2.03. The highest BCUT2D eigenvalue weighted by molar-refractivity contribution is 5.73. The van der Waals surface area contributed by atoms with Gasteiger partial charge >= 0.3 is 5.97 Å². The van der Waals surface area contributed by atoms with Gasteiger partial charge in [0.15, 0.2) is 0 Å². The van der Waals surface area contributed by atoms with E-state index in [4.69, 9.17) is 5.11 Å². The Hall–Kier alpha value is -0.570. The van der Waals surface area contributed by atoms with Gasteiger partial charge in [0.1, 0.15) is 6.04 Å². The van der Waals surface area contributed by atoms with Crippen molar-refractivity contribution < 1.29 is 9.90 Å². The van der Waals surface area contributed by atoms with Crippen molar-refractivity contribution in [1.82, 2.24) is 4.90 Å². The topological polar surface area (TPSA) is 40.5 Å². The van der Waals surface area contributed by atoms with Crippen LogP contribution in [0.5, 0.6) is 0 Å². The Morgan fingerprint density at radius 3 is 2.08 bits per heavy atom. The van der Waals surface area contributed by atoms with Gasteiger partial charge in [0.2, 0.25) is 0 Å². The Labute approximate surface area is 80.7 Å². The molecule has 2 atom stereocenters. The lowest BCUT2D eigenvalue weighted by molar-refractivity contribution is -0.145. The molecule has 3 heteroatoms. The molecule has 0 saturated heterocycles. The highest BCUT2D eigenvalue weighted by Crippen LogP contribution is 2.15. The molecule has 0 aliphatic heterocycles. The molecule has 1 unspecified atom stereocenters. The quantitative estimate of drug-likeness (QED) is 0.713. The Morgan fingerprint density at radius 2 is 1.85 bits per heavy atom. The second kappa shape index (κ2) is 5.22. The van der Waals surface area contributed by atoms with E-state index in [2.05, 4.69) is 0 Å². The molecule has 0 aliphatic carbocycles. The summed E-state index contributed by atoms with van der Waals surface area (Å²) < 4.78 is 0. The zero-order chi connectivity index (χ0) is 10.6. The molecule has 13 heavy (non-hydrogen) atoms. The van der Waals surface area contributed by atoms with Gasteiger partial charge < -0.3 is 5.11 Å². The van der Waals surface area contributed by atoms with Crippen molar-refractivity contribution in [3.8, 4) is 0 Å². The van der Waals surface area contributed by atoms with Crippen LogP contribution in [0.3, 0.4) is 0 Å². The fourth-order valence-electron chi connectivity index (χ4n) is 1.36. The van der Waals surface area contributed by atoms with E-state index >= 15 is 0 Å². The first-order chi connectivity index (χ1) is 5.91. The molecule has 0 amide bonds. The molecule has 1 N–H and O–H groups in total. The summed E-state index contributed by atoms with van der Waals surface area (Å²) >= 11 is 0. The standard InChI is InChI=1S/C10H21NO2/c1-6-8(4)9(10(12)13)11(5)7(2)3/h7-9H,6H2,1-5H3,(H,12,13)/t8?,9-/m1/s1. The molecule has 3 nitrogen and oxygen atoms in total. The summed E-state index contributed by atoms with van der Waals surface area (Å²) in [5.74, 6) is -0.518. The fourth-order valence-corrected chi connectivity index (χ4v) is 1.36. The molecule has 0 aromatic rings. The van der Waals surface area contributed by atoms with Crippen LogP contribution in [-0.2, 0) is 4.79 Å². The van der Waals surface area contributed by atoms with Crippen LogP contribution in [0.1, 0.15) is 34.1 Å². The number of hydrogen-bond donors (Lipinski definition) is 1. The maximum atomic E-state index is 11.0. The van der Waals surface area contributed by atoms with Crippen molar-refractivity contribution >= 4 is 5.97 Å². The SMILES string of the molecule is CCC(C)[C@H](C(=O)O)N(C)C(C)C. The zero-order valence-electron chi connectivity index (χ0n) is 9.24. The smallest absolute Gasteiger partial charge is 0.321 e. The van der Waals surface area contributed by atoms with Crippen molar-refractivity contribution in [2.24, 2.45) is 5.92 Å². The Balaban J connectivity index is 4.50. The van der Waals surface area contributed by atoms with Crippen molar-refractivity contribution in [2.75, 3.05) is 7.05 Å². The first kappa shape index (κ1) is 12.4. The number of likely N-dealkylation sites (N-methyl/N-ethyl adjacent to an activating group) is 1. The predicted molar refractivity (Wildman–Crippen MR) is 53.8 cm³/mol. The summed E-state index contributed by atoms with van der Waals surface area (Å²) in [6.45, 7) is 8.03. The molecule has 0 aromatic heterocycles. The Morgan fingerprint density at radius 1 is 1.38 bits per heavy atom. The summed E-state index contributed by atoms with van der Waals surface area (Å²) in [6, 6.07) is -0.0832. The van der Waals surface area contributed by atoms with Crippen LogP contribution in [0, 0.1) is 5.92 Å². The van der Waals surface area contributed by atoms with Gasteiger partial charge in [-0.3, -0.25) is 9.69 Å². The number of carbonyl (C=O) groups is 1. The summed E-state index contributed by atoms with van der Waals surface area (Å²) in [4.78, 5) is 12.9. The molecule has 0 spiro atoms. The van der Waals surface area contributed by atoms with Crippen LogP contribution < -0.4 is 0 Å². The fraction of sp³-hybridized carbons (Fsp3) is 0.900. The summed E-state index contributed by atoms with van der Waals surface area (Å²) in [5, 5.41) is 9.05. The van der Waals surface area contributed by atoms with Gasteiger partial charge in [0, 0.05) is 6.04 Å². The normalized spacial score (nSPS) is 16.2. The molecule has 0 aromatic carbocycles. The van der Waals surface area contributed by atoms with E-state index in [9.17, 15) is 4.79 Å². The van der Waals surface area contributed by atoms with Crippen molar-refractivity contribution in [3.63, 3.8) is 0 Å². The van der Waals surface area contributed by atoms with Crippen LogP contribution in [0.4, 0.5) is 0 Å². The minimum atomic E-state index is -0.717. The third-order valence-corrected chi connectivity index (χ3v) is 2.69. The molecule has 0 rings (SSSR count). The van der Waals surface area contributed by atoms with Gasteiger partial charge in [-0.1, -0.05) is 20.3 Å². The number of hydrogen-bond acceptors (Lipinski definition) is 2. The maximum absolute atomic E-state index is 11.0. The van der Waals surface area contributed by atoms with Crippen molar-refractivity contribution in [1.29, 1.82) is 0 Å². The largest absolute Gasteiger partial charge is 0.480 e. The van der Waals surface area contributed by atoms with E-state index in [1.165, 1.54) is 0 Å². The molecule has 0 radical (unpaired) electrons. The second-order valence-electron chi connectivity index (χ2n) is 3.93. The number of nitrogens with zero attached hydrogens (tertiary/aromatic N) is 1. The van der Waals surface area contributed by atoms with Crippen LogP contribution in [0.25, 0.3) is 0 Å². The lowest BCUT2D eigenvalue weighted by atomic mass is 9.97. The van der Waals surface area contributed by atoms with Gasteiger partial charge in [0.05, 0.1) is 0 Å². The lowest BCUT2D eigenvalue weighted by Crippen LogP contribution is -2.46. The highest BCUT2D eigenvalue weighted by atomic mass is 16.4. The number of carboxylic acid groups (broad SMARTS) is 1. The van der Waals surface area contributed by atoms with E-state index in [0.29, 0.717) is 0 Å². The van der Waals surface area contributed by atoms with Gasteiger partial charge in [-0.05, 0) is 26.8 Å². The van der Waals surface area contributed by atoms with Gasteiger partial charge in [-0.2, -0.15) is 0 Å². The van der Waals surface area contributed by atoms with Crippen molar-refractivity contribution in [2.45, 2.75) is 46.2 Å². The number of rotatable bonds is 5. The molecular formula is C10H21NO2. The molecule has 0 aliphatic rings. The third kappa shape index (κ3) is 3.35. The Bertz CT molecular complexity index is 168. The van der Waals surface area contributed by atoms with Gasteiger partial charge in [0.25, 0.3) is 0 Å². The van der Waals surface area contributed by atoms with E-state index in [1.807, 2.05) is 39.6 Å².